The first-order chi connectivity index (χ1) is 10.0. The lowest BCUT2D eigenvalue weighted by atomic mass is 9.89. The fraction of sp³-hybridized carbons (Fsp3) is 0.929. The third kappa shape index (κ3) is 2.71. The number of carbonyl (C=O) groups is 1. The molecule has 0 amide bonds. The van der Waals surface area contributed by atoms with Crippen molar-refractivity contribution in [1.29, 1.82) is 0 Å². The van der Waals surface area contributed by atoms with Gasteiger partial charge < -0.3 is 10.1 Å². The van der Waals surface area contributed by atoms with Crippen LogP contribution in [0.15, 0.2) is 0 Å². The van der Waals surface area contributed by atoms with Crippen LogP contribution in [0, 0.1) is 17.8 Å². The maximum absolute atomic E-state index is 12.9. The first kappa shape index (κ1) is 15.2. The number of carbonyl (C=O) groups excluding carboxylic acids is 1. The van der Waals surface area contributed by atoms with E-state index >= 15 is 0 Å². The van der Waals surface area contributed by atoms with Gasteiger partial charge in [-0.25, -0.2) is 12.7 Å². The molecule has 21 heavy (non-hydrogen) atoms. The molecule has 1 aliphatic carbocycles. The van der Waals surface area contributed by atoms with Gasteiger partial charge in [-0.2, -0.15) is 0 Å². The van der Waals surface area contributed by atoms with Gasteiger partial charge in [-0.05, 0) is 37.8 Å². The molecule has 0 aromatic heterocycles. The summed E-state index contributed by atoms with van der Waals surface area (Å²) in [5.41, 5.74) is 0. The minimum absolute atomic E-state index is 0.371. The number of ether oxygens (including phenoxy) is 1. The SMILES string of the molecule is COC(=O)C1CCCCC1S(=O)(=O)N1C[C@H]2CNC[C@H]2C1. The minimum Gasteiger partial charge on any atom is -0.469 e. The van der Waals surface area contributed by atoms with E-state index in [1.165, 1.54) is 7.11 Å². The van der Waals surface area contributed by atoms with Gasteiger partial charge in [0.2, 0.25) is 10.0 Å². The van der Waals surface area contributed by atoms with Crippen LogP contribution in [0.5, 0.6) is 0 Å². The number of esters is 1. The Kier molecular flexibility index (Phi) is 4.25. The standard InChI is InChI=1S/C14H24N2O4S/c1-20-14(17)12-4-2-3-5-13(12)21(18,19)16-8-10-6-15-7-11(10)9-16/h10-13,15H,2-9H2,1H3/t10-,11+,12?,13?. The summed E-state index contributed by atoms with van der Waals surface area (Å²) in [6.07, 6.45) is 2.98. The Labute approximate surface area is 126 Å². The van der Waals surface area contributed by atoms with Crippen LogP contribution < -0.4 is 5.32 Å². The molecule has 0 aromatic rings. The van der Waals surface area contributed by atoms with E-state index in [1.54, 1.807) is 4.31 Å². The molecule has 1 N–H and O–H groups in total. The van der Waals surface area contributed by atoms with Gasteiger partial charge in [0, 0.05) is 13.1 Å². The lowest BCUT2D eigenvalue weighted by molar-refractivity contribution is -0.146. The maximum Gasteiger partial charge on any atom is 0.310 e. The van der Waals surface area contributed by atoms with E-state index in [0.29, 0.717) is 37.8 Å². The smallest absolute Gasteiger partial charge is 0.310 e. The molecule has 0 bridgehead atoms. The summed E-state index contributed by atoms with van der Waals surface area (Å²) in [4.78, 5) is 11.9. The van der Waals surface area contributed by atoms with E-state index in [-0.39, 0.29) is 5.97 Å². The third-order valence-corrected chi connectivity index (χ3v) is 7.65. The summed E-state index contributed by atoms with van der Waals surface area (Å²) < 4.78 is 32.3. The van der Waals surface area contributed by atoms with Crippen LogP contribution in [0.25, 0.3) is 0 Å². The van der Waals surface area contributed by atoms with E-state index < -0.39 is 21.2 Å². The van der Waals surface area contributed by atoms with Gasteiger partial charge in [0.05, 0.1) is 18.3 Å². The van der Waals surface area contributed by atoms with Crippen molar-refractivity contribution in [2.75, 3.05) is 33.3 Å². The van der Waals surface area contributed by atoms with E-state index in [2.05, 4.69) is 5.32 Å². The number of fused-ring (bicyclic) bond motifs is 1. The van der Waals surface area contributed by atoms with Crippen molar-refractivity contribution in [3.8, 4) is 0 Å². The molecule has 6 nitrogen and oxygen atoms in total. The molecular formula is C14H24N2O4S. The van der Waals surface area contributed by atoms with Crippen LogP contribution in [0.1, 0.15) is 25.7 Å². The molecule has 120 valence electrons. The Bertz CT molecular complexity index is 495. The van der Waals surface area contributed by atoms with Gasteiger partial charge in [0.1, 0.15) is 0 Å². The highest BCUT2D eigenvalue weighted by Gasteiger charge is 2.47. The largest absolute Gasteiger partial charge is 0.469 e. The lowest BCUT2D eigenvalue weighted by Crippen LogP contribution is -2.46. The van der Waals surface area contributed by atoms with E-state index in [4.69, 9.17) is 4.74 Å². The van der Waals surface area contributed by atoms with Gasteiger partial charge in [-0.3, -0.25) is 4.79 Å². The van der Waals surface area contributed by atoms with Gasteiger partial charge in [0.15, 0.2) is 0 Å². The molecular weight excluding hydrogens is 292 g/mol. The summed E-state index contributed by atoms with van der Waals surface area (Å²) in [6.45, 7) is 3.01. The van der Waals surface area contributed by atoms with Gasteiger partial charge in [-0.15, -0.1) is 0 Å². The van der Waals surface area contributed by atoms with Gasteiger partial charge >= 0.3 is 5.97 Å². The minimum atomic E-state index is -3.40. The van der Waals surface area contributed by atoms with Crippen LogP contribution in [0.2, 0.25) is 0 Å². The molecule has 4 atom stereocenters. The number of rotatable bonds is 3. The number of methoxy groups -OCH3 is 1. The zero-order valence-corrected chi connectivity index (χ0v) is 13.3. The number of sulfonamides is 1. The lowest BCUT2D eigenvalue weighted by Gasteiger charge is -2.32. The second-order valence-corrected chi connectivity index (χ2v) is 8.64. The van der Waals surface area contributed by atoms with Crippen molar-refractivity contribution >= 4 is 16.0 Å². The van der Waals surface area contributed by atoms with E-state index in [0.717, 1.165) is 25.9 Å². The Morgan fingerprint density at radius 2 is 1.76 bits per heavy atom. The third-order valence-electron chi connectivity index (χ3n) is 5.30. The van der Waals surface area contributed by atoms with Crippen molar-refractivity contribution in [2.45, 2.75) is 30.9 Å². The first-order valence-electron chi connectivity index (χ1n) is 7.81. The van der Waals surface area contributed by atoms with Gasteiger partial charge in [0.25, 0.3) is 0 Å². The summed E-state index contributed by atoms with van der Waals surface area (Å²) in [6, 6.07) is 0. The highest BCUT2D eigenvalue weighted by atomic mass is 32.2. The molecule has 1 saturated carbocycles. The molecule has 7 heteroatoms. The fourth-order valence-electron chi connectivity index (χ4n) is 4.09. The van der Waals surface area contributed by atoms with E-state index in [9.17, 15) is 13.2 Å². The number of hydrogen-bond donors (Lipinski definition) is 1. The van der Waals surface area contributed by atoms with Crippen LogP contribution in [0.3, 0.4) is 0 Å². The van der Waals surface area contributed by atoms with Crippen LogP contribution >= 0.6 is 0 Å². The second-order valence-electron chi connectivity index (χ2n) is 6.49. The number of nitrogens with one attached hydrogen (secondary N) is 1. The zero-order valence-electron chi connectivity index (χ0n) is 12.5. The quantitative estimate of drug-likeness (QED) is 0.753. The molecule has 2 aliphatic heterocycles. The Hall–Kier alpha value is -0.660. The first-order valence-corrected chi connectivity index (χ1v) is 9.32. The van der Waals surface area contributed by atoms with Crippen molar-refractivity contribution in [3.05, 3.63) is 0 Å². The average molecular weight is 316 g/mol. The van der Waals surface area contributed by atoms with Crippen LogP contribution in [-0.4, -0.2) is 57.2 Å². The second kappa shape index (κ2) is 5.85. The summed E-state index contributed by atoms with van der Waals surface area (Å²) in [5.74, 6) is -0.00321. The normalized spacial score (nSPS) is 37.4. The predicted molar refractivity (Wildman–Crippen MR) is 78.1 cm³/mol. The molecule has 0 spiro atoms. The van der Waals surface area contributed by atoms with Crippen LogP contribution in [0.4, 0.5) is 0 Å². The molecule has 2 saturated heterocycles. The number of nitrogens with zero attached hydrogens (tertiary/aromatic N) is 1. The molecule has 3 rings (SSSR count). The maximum atomic E-state index is 12.9. The Balaban J connectivity index is 1.78. The van der Waals surface area contributed by atoms with Crippen molar-refractivity contribution < 1.29 is 17.9 Å². The molecule has 0 aromatic carbocycles. The van der Waals surface area contributed by atoms with Gasteiger partial charge in [-0.1, -0.05) is 12.8 Å². The molecule has 3 aliphatic rings. The van der Waals surface area contributed by atoms with Crippen molar-refractivity contribution in [2.24, 2.45) is 17.8 Å². The fourth-order valence-corrected chi connectivity index (χ4v) is 6.39. The summed E-state index contributed by atoms with van der Waals surface area (Å²) in [7, 11) is -2.06. The predicted octanol–water partition coefficient (Wildman–Crippen LogP) is 0.199. The summed E-state index contributed by atoms with van der Waals surface area (Å²) in [5, 5.41) is 2.72. The topological polar surface area (TPSA) is 75.7 Å². The Morgan fingerprint density at radius 3 is 2.38 bits per heavy atom. The monoisotopic (exact) mass is 316 g/mol. The molecule has 0 radical (unpaired) electrons. The molecule has 2 unspecified atom stereocenters. The highest BCUT2D eigenvalue weighted by Crippen LogP contribution is 2.36. The van der Waals surface area contributed by atoms with E-state index in [1.807, 2.05) is 0 Å². The average Bonchev–Trinajstić information content (AvgIpc) is 3.08. The number of hydrogen-bond acceptors (Lipinski definition) is 5. The van der Waals surface area contributed by atoms with Crippen molar-refractivity contribution in [3.63, 3.8) is 0 Å². The zero-order chi connectivity index (χ0) is 15.0. The molecule has 3 fully saturated rings. The van der Waals surface area contributed by atoms with Crippen molar-refractivity contribution in [1.82, 2.24) is 9.62 Å². The summed E-state index contributed by atoms with van der Waals surface area (Å²) >= 11 is 0. The van der Waals surface area contributed by atoms with Crippen LogP contribution in [-0.2, 0) is 19.6 Å². The highest BCUT2D eigenvalue weighted by molar-refractivity contribution is 7.89. The Morgan fingerprint density at radius 1 is 1.14 bits per heavy atom. The molecule has 2 heterocycles.